The largest absolute Gasteiger partial charge is 0.481 e. The quantitative estimate of drug-likeness (QED) is 0.855. The number of nitrogens with zero attached hydrogens (tertiary/aromatic N) is 1. The number of amides is 1. The molecule has 2 rings (SSSR count). The van der Waals surface area contributed by atoms with Crippen LogP contribution >= 0.6 is 0 Å². The molecular formula is C15H25NO3. The molecule has 2 aliphatic rings. The predicted octanol–water partition coefficient (Wildman–Crippen LogP) is 2.67. The lowest BCUT2D eigenvalue weighted by atomic mass is 9.80. The first-order valence-electron chi connectivity index (χ1n) is 7.59. The number of carbonyl (C=O) groups is 2. The van der Waals surface area contributed by atoms with Gasteiger partial charge < -0.3 is 10.0 Å². The number of aliphatic carboxylic acids is 1. The zero-order chi connectivity index (χ0) is 14.0. The molecule has 0 aromatic rings. The second-order valence-electron chi connectivity index (χ2n) is 6.13. The molecule has 1 saturated carbocycles. The molecule has 4 atom stereocenters. The highest BCUT2D eigenvalue weighted by atomic mass is 16.4. The van der Waals surface area contributed by atoms with Crippen molar-refractivity contribution in [1.29, 1.82) is 0 Å². The Hall–Kier alpha value is -1.06. The van der Waals surface area contributed by atoms with Gasteiger partial charge in [0.2, 0.25) is 5.91 Å². The highest BCUT2D eigenvalue weighted by Gasteiger charge is 2.39. The van der Waals surface area contributed by atoms with Gasteiger partial charge in [-0.25, -0.2) is 0 Å². The van der Waals surface area contributed by atoms with Crippen LogP contribution in [0.1, 0.15) is 58.8 Å². The van der Waals surface area contributed by atoms with Crippen LogP contribution in [0.25, 0.3) is 0 Å². The lowest BCUT2D eigenvalue weighted by molar-refractivity contribution is -0.146. The minimum absolute atomic E-state index is 0.0653. The Kier molecular flexibility index (Phi) is 4.48. The van der Waals surface area contributed by atoms with Crippen molar-refractivity contribution >= 4 is 11.9 Å². The molecule has 0 aromatic heterocycles. The van der Waals surface area contributed by atoms with Crippen molar-refractivity contribution in [3.05, 3.63) is 0 Å². The third-order valence-corrected chi connectivity index (χ3v) is 4.88. The topological polar surface area (TPSA) is 57.6 Å². The molecule has 0 radical (unpaired) electrons. The van der Waals surface area contributed by atoms with E-state index in [-0.39, 0.29) is 17.7 Å². The number of likely N-dealkylation sites (tertiary alicyclic amines) is 1. The average molecular weight is 267 g/mol. The van der Waals surface area contributed by atoms with Crippen LogP contribution in [0.2, 0.25) is 0 Å². The fourth-order valence-corrected chi connectivity index (χ4v) is 3.72. The van der Waals surface area contributed by atoms with Crippen molar-refractivity contribution in [2.24, 2.45) is 11.8 Å². The molecule has 1 aliphatic carbocycles. The van der Waals surface area contributed by atoms with Crippen molar-refractivity contribution < 1.29 is 14.7 Å². The molecule has 4 nitrogen and oxygen atoms in total. The van der Waals surface area contributed by atoms with Gasteiger partial charge in [-0.3, -0.25) is 9.59 Å². The van der Waals surface area contributed by atoms with E-state index in [1.54, 1.807) is 0 Å². The Bertz CT molecular complexity index is 355. The predicted molar refractivity (Wildman–Crippen MR) is 72.7 cm³/mol. The van der Waals surface area contributed by atoms with E-state index < -0.39 is 5.97 Å². The van der Waals surface area contributed by atoms with Crippen LogP contribution in [0, 0.1) is 11.8 Å². The van der Waals surface area contributed by atoms with E-state index in [4.69, 9.17) is 5.11 Å². The van der Waals surface area contributed by atoms with Crippen molar-refractivity contribution in [2.45, 2.75) is 70.9 Å². The molecule has 108 valence electrons. The maximum atomic E-state index is 12.7. The van der Waals surface area contributed by atoms with E-state index in [0.717, 1.165) is 38.5 Å². The Morgan fingerprint density at radius 2 is 1.84 bits per heavy atom. The van der Waals surface area contributed by atoms with E-state index >= 15 is 0 Å². The molecule has 4 unspecified atom stereocenters. The Labute approximate surface area is 115 Å². The summed E-state index contributed by atoms with van der Waals surface area (Å²) in [5.41, 5.74) is 0. The SMILES string of the molecule is CCC1CCC(C)N1C(=O)C1CCCC(C(=O)O)C1. The summed E-state index contributed by atoms with van der Waals surface area (Å²) in [5, 5.41) is 9.13. The van der Waals surface area contributed by atoms with Crippen molar-refractivity contribution in [3.63, 3.8) is 0 Å². The Morgan fingerprint density at radius 3 is 2.47 bits per heavy atom. The maximum absolute atomic E-state index is 12.7. The van der Waals surface area contributed by atoms with Gasteiger partial charge >= 0.3 is 5.97 Å². The van der Waals surface area contributed by atoms with Gasteiger partial charge in [0, 0.05) is 18.0 Å². The minimum Gasteiger partial charge on any atom is -0.481 e. The minimum atomic E-state index is -0.737. The Morgan fingerprint density at radius 1 is 1.16 bits per heavy atom. The monoisotopic (exact) mass is 267 g/mol. The summed E-state index contributed by atoms with van der Waals surface area (Å²) >= 11 is 0. The van der Waals surface area contributed by atoms with E-state index in [2.05, 4.69) is 18.7 Å². The Balaban J connectivity index is 2.04. The van der Waals surface area contributed by atoms with Crippen LogP contribution in [-0.4, -0.2) is 34.0 Å². The van der Waals surface area contributed by atoms with Gasteiger partial charge in [-0.05, 0) is 45.4 Å². The molecule has 2 fully saturated rings. The first kappa shape index (κ1) is 14.4. The van der Waals surface area contributed by atoms with Crippen LogP contribution in [0.4, 0.5) is 0 Å². The van der Waals surface area contributed by atoms with Gasteiger partial charge in [0.1, 0.15) is 0 Å². The van der Waals surface area contributed by atoms with Crippen molar-refractivity contribution in [1.82, 2.24) is 4.90 Å². The van der Waals surface area contributed by atoms with Crippen molar-refractivity contribution in [2.75, 3.05) is 0 Å². The van der Waals surface area contributed by atoms with Gasteiger partial charge in [0.05, 0.1) is 5.92 Å². The van der Waals surface area contributed by atoms with Gasteiger partial charge in [-0.2, -0.15) is 0 Å². The first-order valence-corrected chi connectivity index (χ1v) is 7.59. The highest BCUT2D eigenvalue weighted by Crippen LogP contribution is 2.34. The van der Waals surface area contributed by atoms with E-state index in [1.165, 1.54) is 0 Å². The van der Waals surface area contributed by atoms with E-state index in [1.807, 2.05) is 0 Å². The van der Waals surface area contributed by atoms with Crippen molar-refractivity contribution in [3.8, 4) is 0 Å². The van der Waals surface area contributed by atoms with E-state index in [0.29, 0.717) is 18.5 Å². The molecule has 1 amide bonds. The number of hydrogen-bond donors (Lipinski definition) is 1. The lowest BCUT2D eigenvalue weighted by Gasteiger charge is -2.34. The second kappa shape index (κ2) is 5.93. The summed E-state index contributed by atoms with van der Waals surface area (Å²) in [4.78, 5) is 25.8. The first-order chi connectivity index (χ1) is 9.04. The summed E-state index contributed by atoms with van der Waals surface area (Å²) < 4.78 is 0. The fraction of sp³-hybridized carbons (Fsp3) is 0.867. The third-order valence-electron chi connectivity index (χ3n) is 4.88. The molecule has 1 N–H and O–H groups in total. The molecule has 1 aliphatic heterocycles. The number of carboxylic acid groups (broad SMARTS) is 1. The standard InChI is InChI=1S/C15H25NO3/c1-3-13-8-7-10(2)16(13)14(17)11-5-4-6-12(9-11)15(18)19/h10-13H,3-9H2,1-2H3,(H,18,19). The van der Waals surface area contributed by atoms with Crippen LogP contribution in [0.15, 0.2) is 0 Å². The van der Waals surface area contributed by atoms with Gasteiger partial charge in [-0.1, -0.05) is 13.3 Å². The summed E-state index contributed by atoms with van der Waals surface area (Å²) in [5.74, 6) is -0.910. The number of carbonyl (C=O) groups excluding carboxylic acids is 1. The molecule has 1 saturated heterocycles. The zero-order valence-electron chi connectivity index (χ0n) is 12.0. The maximum Gasteiger partial charge on any atom is 0.306 e. The van der Waals surface area contributed by atoms with E-state index in [9.17, 15) is 9.59 Å². The van der Waals surface area contributed by atoms with Crippen LogP contribution in [0.3, 0.4) is 0 Å². The number of carboxylic acids is 1. The van der Waals surface area contributed by atoms with Gasteiger partial charge in [0.15, 0.2) is 0 Å². The number of rotatable bonds is 3. The van der Waals surface area contributed by atoms with Gasteiger partial charge in [-0.15, -0.1) is 0 Å². The molecule has 0 aromatic carbocycles. The smallest absolute Gasteiger partial charge is 0.306 e. The van der Waals surface area contributed by atoms with Gasteiger partial charge in [0.25, 0.3) is 0 Å². The molecular weight excluding hydrogens is 242 g/mol. The molecule has 0 bridgehead atoms. The van der Waals surface area contributed by atoms with Crippen LogP contribution in [0.5, 0.6) is 0 Å². The molecule has 0 spiro atoms. The zero-order valence-corrected chi connectivity index (χ0v) is 12.0. The third kappa shape index (κ3) is 2.93. The van der Waals surface area contributed by atoms with Crippen LogP contribution in [-0.2, 0) is 9.59 Å². The highest BCUT2D eigenvalue weighted by molar-refractivity contribution is 5.81. The average Bonchev–Trinajstić information content (AvgIpc) is 2.79. The summed E-state index contributed by atoms with van der Waals surface area (Å²) in [7, 11) is 0. The summed E-state index contributed by atoms with van der Waals surface area (Å²) in [6.45, 7) is 4.25. The summed E-state index contributed by atoms with van der Waals surface area (Å²) in [6.07, 6.45) is 6.18. The lowest BCUT2D eigenvalue weighted by Crippen LogP contribution is -2.44. The normalized spacial score (nSPS) is 35.4. The second-order valence-corrected chi connectivity index (χ2v) is 6.13. The molecule has 4 heteroatoms. The fourth-order valence-electron chi connectivity index (χ4n) is 3.72. The molecule has 19 heavy (non-hydrogen) atoms. The number of hydrogen-bond acceptors (Lipinski definition) is 2. The van der Waals surface area contributed by atoms with Crippen LogP contribution < -0.4 is 0 Å². The summed E-state index contributed by atoms with van der Waals surface area (Å²) in [6, 6.07) is 0.690. The molecule has 1 heterocycles.